The van der Waals surface area contributed by atoms with Crippen molar-refractivity contribution in [3.8, 4) is 0 Å². The Morgan fingerprint density at radius 3 is 2.86 bits per heavy atom. The number of allylic oxidation sites excluding steroid dienone is 5. The van der Waals surface area contributed by atoms with E-state index in [0.717, 1.165) is 23.5 Å². The van der Waals surface area contributed by atoms with Crippen LogP contribution < -0.4 is 11.0 Å². The van der Waals surface area contributed by atoms with Gasteiger partial charge < -0.3 is 4.84 Å². The molecule has 0 radical (unpaired) electrons. The first-order chi connectivity index (χ1) is 6.79. The molecule has 0 aromatic heterocycles. The van der Waals surface area contributed by atoms with Crippen LogP contribution in [0.15, 0.2) is 47.9 Å². The minimum atomic E-state index is 0.780. The van der Waals surface area contributed by atoms with Crippen LogP contribution in [0.5, 0.6) is 0 Å². The van der Waals surface area contributed by atoms with Crippen LogP contribution in [-0.4, -0.2) is 0 Å². The Kier molecular flexibility index (Phi) is 4.01. The van der Waals surface area contributed by atoms with E-state index in [2.05, 4.69) is 23.7 Å². The topological polar surface area (TPSA) is 33.3 Å². The van der Waals surface area contributed by atoms with Crippen LogP contribution in [0.3, 0.4) is 0 Å². The van der Waals surface area contributed by atoms with Crippen molar-refractivity contribution < 1.29 is 4.84 Å². The minimum absolute atomic E-state index is 0.780. The molecule has 0 atom stereocenters. The first kappa shape index (κ1) is 10.6. The maximum atomic E-state index is 5.15. The standard InChI is InChI=1S/C11H16N2O/c1-4-6-8-9(3)11-10(7-5-2)14-13-12-11/h4-7,12-13H,3,8H2,1-2H3/b6-4-,7-5-. The molecule has 1 aliphatic heterocycles. The number of nitrogens with one attached hydrogen (secondary N) is 2. The van der Waals surface area contributed by atoms with E-state index in [0.29, 0.717) is 0 Å². The van der Waals surface area contributed by atoms with E-state index >= 15 is 0 Å². The smallest absolute Gasteiger partial charge is 0.173 e. The van der Waals surface area contributed by atoms with E-state index in [1.165, 1.54) is 0 Å². The first-order valence-electron chi connectivity index (χ1n) is 4.63. The van der Waals surface area contributed by atoms with Gasteiger partial charge in [0.25, 0.3) is 0 Å². The molecule has 3 heteroatoms. The Morgan fingerprint density at radius 1 is 1.43 bits per heavy atom. The van der Waals surface area contributed by atoms with Crippen molar-refractivity contribution in [1.82, 2.24) is 11.0 Å². The van der Waals surface area contributed by atoms with Gasteiger partial charge >= 0.3 is 0 Å². The summed E-state index contributed by atoms with van der Waals surface area (Å²) in [6.45, 7) is 7.92. The number of hydrazine groups is 1. The van der Waals surface area contributed by atoms with Crippen LogP contribution >= 0.6 is 0 Å². The number of hydrogen-bond donors (Lipinski definition) is 2. The van der Waals surface area contributed by atoms with Gasteiger partial charge in [-0.05, 0) is 31.9 Å². The van der Waals surface area contributed by atoms with Crippen LogP contribution in [0, 0.1) is 0 Å². The van der Waals surface area contributed by atoms with E-state index < -0.39 is 0 Å². The lowest BCUT2D eigenvalue weighted by Gasteiger charge is -2.02. The molecule has 0 amide bonds. The second-order valence-corrected chi connectivity index (χ2v) is 2.95. The highest BCUT2D eigenvalue weighted by Gasteiger charge is 2.14. The van der Waals surface area contributed by atoms with Crippen molar-refractivity contribution in [3.05, 3.63) is 47.9 Å². The van der Waals surface area contributed by atoms with Gasteiger partial charge in [0.05, 0.1) is 5.70 Å². The summed E-state index contributed by atoms with van der Waals surface area (Å²) >= 11 is 0. The van der Waals surface area contributed by atoms with Crippen LogP contribution in [0.25, 0.3) is 0 Å². The van der Waals surface area contributed by atoms with Gasteiger partial charge in [-0.2, -0.15) is 0 Å². The third kappa shape index (κ3) is 2.50. The van der Waals surface area contributed by atoms with Gasteiger partial charge in [-0.25, -0.2) is 0 Å². The lowest BCUT2D eigenvalue weighted by Crippen LogP contribution is -2.22. The molecule has 0 unspecified atom stereocenters. The highest BCUT2D eigenvalue weighted by Crippen LogP contribution is 2.18. The van der Waals surface area contributed by atoms with Gasteiger partial charge in [-0.1, -0.05) is 30.4 Å². The average Bonchev–Trinajstić information content (AvgIpc) is 2.63. The quantitative estimate of drug-likeness (QED) is 0.671. The monoisotopic (exact) mass is 192 g/mol. The molecule has 76 valence electrons. The first-order valence-corrected chi connectivity index (χ1v) is 4.63. The summed E-state index contributed by atoms with van der Waals surface area (Å²) in [4.78, 5) is 5.15. The molecule has 1 aliphatic rings. The van der Waals surface area contributed by atoms with Crippen molar-refractivity contribution >= 4 is 0 Å². The molecule has 0 aromatic rings. The normalized spacial score (nSPS) is 16.4. The highest BCUT2D eigenvalue weighted by atomic mass is 16.7. The summed E-state index contributed by atoms with van der Waals surface area (Å²) in [5.74, 6) is 0.780. The van der Waals surface area contributed by atoms with Crippen LogP contribution in [0.1, 0.15) is 20.3 Å². The Bertz CT molecular complexity index is 300. The Balaban J connectivity index is 2.73. The van der Waals surface area contributed by atoms with Crippen molar-refractivity contribution in [1.29, 1.82) is 0 Å². The lowest BCUT2D eigenvalue weighted by molar-refractivity contribution is 0.120. The minimum Gasteiger partial charge on any atom is -0.387 e. The molecule has 1 heterocycles. The summed E-state index contributed by atoms with van der Waals surface area (Å²) in [6.07, 6.45) is 8.70. The number of rotatable bonds is 4. The molecule has 0 saturated carbocycles. The van der Waals surface area contributed by atoms with Crippen molar-refractivity contribution in [2.24, 2.45) is 0 Å². The average molecular weight is 192 g/mol. The zero-order valence-corrected chi connectivity index (χ0v) is 8.63. The van der Waals surface area contributed by atoms with Crippen molar-refractivity contribution in [2.45, 2.75) is 20.3 Å². The van der Waals surface area contributed by atoms with Crippen molar-refractivity contribution in [3.63, 3.8) is 0 Å². The molecule has 0 spiro atoms. The van der Waals surface area contributed by atoms with Crippen molar-refractivity contribution in [2.75, 3.05) is 0 Å². The number of hydrogen-bond acceptors (Lipinski definition) is 3. The molecule has 0 fully saturated rings. The van der Waals surface area contributed by atoms with E-state index in [1.807, 2.05) is 32.1 Å². The predicted molar refractivity (Wildman–Crippen MR) is 57.8 cm³/mol. The SMILES string of the molecule is C=C(C/C=C\C)C1=C(/C=C\C)ONN1. The van der Waals surface area contributed by atoms with Gasteiger partial charge in [0, 0.05) is 0 Å². The Morgan fingerprint density at radius 2 is 2.21 bits per heavy atom. The molecule has 0 bridgehead atoms. The fourth-order valence-corrected chi connectivity index (χ4v) is 1.14. The van der Waals surface area contributed by atoms with Crippen LogP contribution in [0.2, 0.25) is 0 Å². The second kappa shape index (κ2) is 5.29. The third-order valence-corrected chi connectivity index (χ3v) is 1.85. The van der Waals surface area contributed by atoms with E-state index in [1.54, 1.807) is 0 Å². The second-order valence-electron chi connectivity index (χ2n) is 2.95. The molecule has 0 saturated heterocycles. The van der Waals surface area contributed by atoms with Crippen LogP contribution in [-0.2, 0) is 4.84 Å². The zero-order chi connectivity index (χ0) is 10.4. The Hall–Kier alpha value is -1.48. The third-order valence-electron chi connectivity index (χ3n) is 1.85. The van der Waals surface area contributed by atoms with Gasteiger partial charge in [0.2, 0.25) is 0 Å². The van der Waals surface area contributed by atoms with Gasteiger partial charge in [0.15, 0.2) is 5.76 Å². The van der Waals surface area contributed by atoms with Gasteiger partial charge in [-0.3, -0.25) is 5.43 Å². The predicted octanol–water partition coefficient (Wildman–Crippen LogP) is 2.34. The zero-order valence-electron chi connectivity index (χ0n) is 8.63. The van der Waals surface area contributed by atoms with E-state index in [4.69, 9.17) is 4.84 Å². The van der Waals surface area contributed by atoms with Gasteiger partial charge in [0.1, 0.15) is 0 Å². The summed E-state index contributed by atoms with van der Waals surface area (Å²) in [5, 5.41) is 0. The molecular formula is C11H16N2O. The Labute approximate surface area is 84.8 Å². The van der Waals surface area contributed by atoms with E-state index in [-0.39, 0.29) is 0 Å². The summed E-state index contributed by atoms with van der Waals surface area (Å²) in [7, 11) is 0. The van der Waals surface area contributed by atoms with E-state index in [9.17, 15) is 0 Å². The molecule has 1 rings (SSSR count). The summed E-state index contributed by atoms with van der Waals surface area (Å²) in [6, 6.07) is 0. The highest BCUT2D eigenvalue weighted by molar-refractivity contribution is 5.36. The maximum absolute atomic E-state index is 5.15. The summed E-state index contributed by atoms with van der Waals surface area (Å²) < 4.78 is 0. The van der Waals surface area contributed by atoms with Crippen LogP contribution in [0.4, 0.5) is 0 Å². The molecule has 0 aromatic carbocycles. The molecule has 3 nitrogen and oxygen atoms in total. The van der Waals surface area contributed by atoms with Gasteiger partial charge in [-0.15, -0.1) is 0 Å². The lowest BCUT2D eigenvalue weighted by atomic mass is 10.1. The summed E-state index contributed by atoms with van der Waals surface area (Å²) in [5.41, 5.74) is 7.45. The molecule has 2 N–H and O–H groups in total. The fourth-order valence-electron chi connectivity index (χ4n) is 1.14. The molecular weight excluding hydrogens is 176 g/mol. The molecule has 0 aliphatic carbocycles. The molecule has 14 heavy (non-hydrogen) atoms. The maximum Gasteiger partial charge on any atom is 0.173 e. The fraction of sp³-hybridized carbons (Fsp3) is 0.273. The largest absolute Gasteiger partial charge is 0.387 e.